The van der Waals surface area contributed by atoms with Crippen LogP contribution in [0, 0.1) is 0 Å². The van der Waals surface area contributed by atoms with Gasteiger partial charge in [-0.05, 0) is 12.8 Å². The maximum Gasteiger partial charge on any atom is 0.393 e. The molecule has 90 valence electrons. The molecule has 5 heteroatoms. The molecule has 0 heterocycles. The first-order valence-electron chi connectivity index (χ1n) is 5.31. The van der Waals surface area contributed by atoms with E-state index in [4.69, 9.17) is 0 Å². The zero-order valence-electron chi connectivity index (χ0n) is 9.58. The van der Waals surface area contributed by atoms with Crippen LogP contribution in [0.25, 0.3) is 0 Å². The monoisotopic (exact) mass is 228 g/mol. The van der Waals surface area contributed by atoms with Crippen molar-refractivity contribution in [2.75, 3.05) is 0 Å². The number of hydrogen-bond acceptors (Lipinski definition) is 5. The van der Waals surface area contributed by atoms with Crippen LogP contribution in [0.3, 0.4) is 0 Å². The highest BCUT2D eigenvalue weighted by Crippen LogP contribution is 2.04. The summed E-state index contributed by atoms with van der Waals surface area (Å²) in [6.45, 7) is 3.73. The van der Waals surface area contributed by atoms with Gasteiger partial charge in [0.05, 0.1) is 6.42 Å². The highest BCUT2D eigenvalue weighted by atomic mass is 17.2. The van der Waals surface area contributed by atoms with Gasteiger partial charge in [0.2, 0.25) is 0 Å². The van der Waals surface area contributed by atoms with Crippen molar-refractivity contribution < 1.29 is 24.2 Å². The van der Waals surface area contributed by atoms with Gasteiger partial charge in [-0.2, -0.15) is 0 Å². The molecule has 5 nitrogen and oxygen atoms in total. The summed E-state index contributed by atoms with van der Waals surface area (Å²) in [6, 6.07) is 0. The lowest BCUT2D eigenvalue weighted by molar-refractivity contribution is -0.255. The second-order valence-electron chi connectivity index (χ2n) is 3.26. The molecule has 0 unspecified atom stereocenters. The molecule has 0 amide bonds. The largest absolute Gasteiger partial charge is 0.393 e. The molecule has 0 rings (SSSR count). The van der Waals surface area contributed by atoms with Crippen LogP contribution in [-0.4, -0.2) is 17.9 Å². The summed E-state index contributed by atoms with van der Waals surface area (Å²) in [5, 5.41) is 0. The minimum absolute atomic E-state index is 0.147. The summed E-state index contributed by atoms with van der Waals surface area (Å²) in [4.78, 5) is 40.9. The average Bonchev–Trinajstić information content (AvgIpc) is 2.30. The van der Waals surface area contributed by atoms with E-state index in [1.165, 1.54) is 5.94 Å². The van der Waals surface area contributed by atoms with Crippen molar-refractivity contribution in [3.8, 4) is 0 Å². The van der Waals surface area contributed by atoms with E-state index in [9.17, 15) is 14.4 Å². The molecule has 0 atom stereocenters. The Balaban J connectivity index is 3.96. The van der Waals surface area contributed by atoms with Gasteiger partial charge in [0, 0.05) is 0 Å². The van der Waals surface area contributed by atoms with Crippen LogP contribution in [0.4, 0.5) is 0 Å². The molecule has 0 aromatic rings. The summed E-state index contributed by atoms with van der Waals surface area (Å²) in [6.07, 6.45) is 2.58. The molecule has 0 N–H and O–H groups in total. The Hall–Kier alpha value is -1.61. The number of unbranched alkanes of at least 4 members (excludes halogenated alkanes) is 1. The van der Waals surface area contributed by atoms with Crippen LogP contribution in [-0.2, 0) is 24.2 Å². The minimum atomic E-state index is -0.943. The smallest absolute Gasteiger partial charge is 0.247 e. The number of carbonyl (C=O) groups is 2. The van der Waals surface area contributed by atoms with E-state index >= 15 is 0 Å². The van der Waals surface area contributed by atoms with Crippen LogP contribution in [0.5, 0.6) is 0 Å². The van der Waals surface area contributed by atoms with Crippen LogP contribution in [0.2, 0.25) is 0 Å². The molecule has 0 fully saturated rings. The molecule has 0 aliphatic rings. The Bertz CT molecular complexity index is 289. The third-order valence-corrected chi connectivity index (χ3v) is 1.81. The van der Waals surface area contributed by atoms with Gasteiger partial charge in [0.25, 0.3) is 0 Å². The Morgan fingerprint density at radius 1 is 1.06 bits per heavy atom. The molecule has 0 saturated carbocycles. The first kappa shape index (κ1) is 14.4. The fraction of sp³-hybridized carbons (Fsp3) is 0.636. The van der Waals surface area contributed by atoms with E-state index in [1.54, 1.807) is 6.92 Å². The molecule has 0 saturated heterocycles. The minimum Gasteiger partial charge on any atom is -0.247 e. The van der Waals surface area contributed by atoms with E-state index in [-0.39, 0.29) is 18.4 Å². The molecule has 0 bridgehead atoms. The van der Waals surface area contributed by atoms with Gasteiger partial charge < -0.3 is 0 Å². The van der Waals surface area contributed by atoms with Crippen molar-refractivity contribution in [2.45, 2.75) is 46.0 Å². The molecular weight excluding hydrogens is 212 g/mol. The number of hydrogen-bond donors (Lipinski definition) is 0. The maximum absolute atomic E-state index is 11.1. The maximum atomic E-state index is 11.1. The molecule has 0 spiro atoms. The SMILES string of the molecule is CCCCC(=O)OOC(=O)C(=C=O)CCC. The van der Waals surface area contributed by atoms with Gasteiger partial charge in [-0.3, -0.25) is 0 Å². The van der Waals surface area contributed by atoms with Crippen molar-refractivity contribution in [1.82, 2.24) is 0 Å². The first-order valence-corrected chi connectivity index (χ1v) is 5.31. The van der Waals surface area contributed by atoms with E-state index < -0.39 is 11.9 Å². The van der Waals surface area contributed by atoms with Gasteiger partial charge in [0.1, 0.15) is 11.5 Å². The summed E-state index contributed by atoms with van der Waals surface area (Å²) in [5.74, 6) is -0.0863. The summed E-state index contributed by atoms with van der Waals surface area (Å²) in [7, 11) is 0. The number of rotatable bonds is 6. The quantitative estimate of drug-likeness (QED) is 0.300. The zero-order valence-corrected chi connectivity index (χ0v) is 9.58. The lowest BCUT2D eigenvalue weighted by Gasteiger charge is -2.02. The van der Waals surface area contributed by atoms with Crippen LogP contribution < -0.4 is 0 Å². The van der Waals surface area contributed by atoms with Crippen molar-refractivity contribution in [3.63, 3.8) is 0 Å². The fourth-order valence-corrected chi connectivity index (χ4v) is 0.942. The van der Waals surface area contributed by atoms with Crippen LogP contribution in [0.1, 0.15) is 46.0 Å². The molecule has 0 aromatic carbocycles. The topological polar surface area (TPSA) is 69.7 Å². The van der Waals surface area contributed by atoms with Gasteiger partial charge in [-0.1, -0.05) is 26.7 Å². The molecule has 16 heavy (non-hydrogen) atoms. The second kappa shape index (κ2) is 8.68. The van der Waals surface area contributed by atoms with Crippen molar-refractivity contribution >= 4 is 17.9 Å². The van der Waals surface area contributed by atoms with E-state index in [2.05, 4.69) is 9.78 Å². The fourth-order valence-electron chi connectivity index (χ4n) is 0.942. The standard InChI is InChI=1S/C11H16O5/c1-3-5-7-10(13)15-16-11(14)9(8-12)6-4-2/h3-7H2,1-2H3. The van der Waals surface area contributed by atoms with Crippen LogP contribution >= 0.6 is 0 Å². The first-order chi connectivity index (χ1) is 7.65. The van der Waals surface area contributed by atoms with Gasteiger partial charge in [-0.25, -0.2) is 24.2 Å². The molecular formula is C11H16O5. The third-order valence-electron chi connectivity index (χ3n) is 1.81. The highest BCUT2D eigenvalue weighted by molar-refractivity contribution is 5.96. The van der Waals surface area contributed by atoms with Gasteiger partial charge in [-0.15, -0.1) is 0 Å². The lowest BCUT2D eigenvalue weighted by atomic mass is 10.2. The van der Waals surface area contributed by atoms with E-state index in [0.29, 0.717) is 12.8 Å². The molecule has 0 radical (unpaired) electrons. The molecule has 0 aliphatic carbocycles. The summed E-state index contributed by atoms with van der Waals surface area (Å²) in [5.41, 5.74) is -0.147. The summed E-state index contributed by atoms with van der Waals surface area (Å²) < 4.78 is 0. The van der Waals surface area contributed by atoms with Crippen LogP contribution in [0.15, 0.2) is 5.57 Å². The third kappa shape index (κ3) is 5.98. The van der Waals surface area contributed by atoms with Gasteiger partial charge >= 0.3 is 11.9 Å². The zero-order chi connectivity index (χ0) is 12.4. The lowest BCUT2D eigenvalue weighted by Crippen LogP contribution is -2.13. The molecule has 0 aliphatic heterocycles. The van der Waals surface area contributed by atoms with Crippen molar-refractivity contribution in [2.24, 2.45) is 0 Å². The highest BCUT2D eigenvalue weighted by Gasteiger charge is 2.15. The number of carbonyl (C=O) groups excluding carboxylic acids is 3. The Morgan fingerprint density at radius 2 is 1.75 bits per heavy atom. The van der Waals surface area contributed by atoms with Gasteiger partial charge in [0.15, 0.2) is 0 Å². The summed E-state index contributed by atoms with van der Waals surface area (Å²) >= 11 is 0. The Labute approximate surface area is 94.3 Å². The second-order valence-corrected chi connectivity index (χ2v) is 3.26. The van der Waals surface area contributed by atoms with E-state index in [1.807, 2.05) is 6.92 Å². The predicted octanol–water partition coefficient (Wildman–Crippen LogP) is 1.74. The van der Waals surface area contributed by atoms with Crippen molar-refractivity contribution in [1.29, 1.82) is 0 Å². The normalized spacial score (nSPS) is 9.12. The molecule has 0 aromatic heterocycles. The Kier molecular flexibility index (Phi) is 7.81. The average molecular weight is 228 g/mol. The predicted molar refractivity (Wildman–Crippen MR) is 55.8 cm³/mol. The van der Waals surface area contributed by atoms with Crippen molar-refractivity contribution in [3.05, 3.63) is 5.57 Å². The Morgan fingerprint density at radius 3 is 2.25 bits per heavy atom. The van der Waals surface area contributed by atoms with E-state index in [0.717, 1.165) is 6.42 Å².